The van der Waals surface area contributed by atoms with E-state index in [0.717, 1.165) is 175 Å². The molecule has 0 unspecified atom stereocenters. The van der Waals surface area contributed by atoms with Gasteiger partial charge in [0, 0.05) is 187 Å². The number of hydrogen-bond acceptors (Lipinski definition) is 20. The quantitative estimate of drug-likeness (QED) is 0.0246. The van der Waals surface area contributed by atoms with Crippen LogP contribution in [0.15, 0.2) is 146 Å². The standard InChI is InChI=1S/C43H49N9O3.C39H39N7O4.C9H18N2O2/c1-3-39-37(40(49-35-13-19-55-20-14-35)38-27-48-52(4-2)41(38)50-39)26-47-43(54)33-10-6-9-32(23-33)42(53)46-25-29-11-12-34(24-44)36(22-29)31-8-5-7-30(21-31)28-51-17-15-45-16-18-51;1-3-35-33(36(44-31-13-15-50-16-14-31)34-23-43-46(4-2)37(34)45-35)22-42-39(49)29-10-6-9-28(19-29)38(48)41-21-25-11-12-30(20-40)32(18-25)27-8-5-7-26(17-27)24-47;1-9(2,3)13-8(12)11-6-4-10-5-7-11/h5-12,21-23,27,35,45H,3-4,13-20,25-26,28H2,1-2H3,(H,46,53)(H,47,54)(H,49,50);5-12,17-19,23-24,31H,3-4,13-16,21-22H2,1-2H3,(H,41,48)(H,42,49)(H,44,45);10H,4-7H2,1-3H3. The zero-order chi connectivity index (χ0) is 83.1. The molecular formula is C91H106N18O9. The number of carbonyl (C=O) groups excluding carboxylic acids is 6. The number of piperazine rings is 2. The summed E-state index contributed by atoms with van der Waals surface area (Å²) in [6.45, 7) is 27.1. The Morgan fingerprint density at radius 1 is 0.525 bits per heavy atom. The van der Waals surface area contributed by atoms with Gasteiger partial charge in [-0.3, -0.25) is 28.9 Å². The molecule has 14 rings (SSSR count). The number of benzene rings is 6. The van der Waals surface area contributed by atoms with Crippen LogP contribution in [0.1, 0.15) is 176 Å². The molecule has 0 atom stereocenters. The molecular weight excluding hydrogens is 1490 g/mol. The van der Waals surface area contributed by atoms with Gasteiger partial charge in [-0.05, 0) is 185 Å². The number of aryl methyl sites for hydroxylation is 4. The van der Waals surface area contributed by atoms with Gasteiger partial charge in [0.25, 0.3) is 23.6 Å². The van der Waals surface area contributed by atoms with E-state index in [1.807, 2.05) is 98.8 Å². The van der Waals surface area contributed by atoms with Crippen LogP contribution >= 0.6 is 0 Å². The number of amides is 5. The van der Waals surface area contributed by atoms with E-state index in [4.69, 9.17) is 24.2 Å². The fourth-order valence-electron chi connectivity index (χ4n) is 14.9. The van der Waals surface area contributed by atoms with E-state index in [1.54, 1.807) is 83.8 Å². The molecule has 614 valence electrons. The fraction of sp³-hybridized carbons (Fsp3) is 0.385. The third kappa shape index (κ3) is 22.1. The topological polar surface area (TPSA) is 342 Å². The van der Waals surface area contributed by atoms with E-state index >= 15 is 0 Å². The van der Waals surface area contributed by atoms with E-state index in [9.17, 15) is 39.3 Å². The third-order valence-corrected chi connectivity index (χ3v) is 21.2. The maximum atomic E-state index is 13.6. The Hall–Kier alpha value is -12.2. The number of aromatic nitrogens is 6. The minimum Gasteiger partial charge on any atom is -0.444 e. The van der Waals surface area contributed by atoms with Crippen molar-refractivity contribution >= 4 is 69.4 Å². The van der Waals surface area contributed by atoms with Gasteiger partial charge in [-0.25, -0.2) is 24.1 Å². The molecule has 5 amide bonds. The van der Waals surface area contributed by atoms with Crippen LogP contribution in [0.2, 0.25) is 0 Å². The maximum Gasteiger partial charge on any atom is 0.410 e. The molecule has 4 fully saturated rings. The molecule has 0 bridgehead atoms. The Kier molecular flexibility index (Phi) is 29.6. The highest BCUT2D eigenvalue weighted by Gasteiger charge is 2.28. The normalized spacial score (nSPS) is 14.6. The highest BCUT2D eigenvalue weighted by molar-refractivity contribution is 6.01. The van der Waals surface area contributed by atoms with E-state index in [2.05, 4.69) is 95.8 Å². The lowest BCUT2D eigenvalue weighted by atomic mass is 9.96. The van der Waals surface area contributed by atoms with E-state index in [0.29, 0.717) is 96.9 Å². The van der Waals surface area contributed by atoms with Gasteiger partial charge in [0.05, 0.1) is 57.8 Å². The predicted molar refractivity (Wildman–Crippen MR) is 455 cm³/mol. The zero-order valence-electron chi connectivity index (χ0n) is 68.4. The van der Waals surface area contributed by atoms with Gasteiger partial charge in [-0.2, -0.15) is 20.7 Å². The van der Waals surface area contributed by atoms with Gasteiger partial charge < -0.3 is 61.6 Å². The van der Waals surface area contributed by atoms with Crippen molar-refractivity contribution in [2.45, 2.75) is 150 Å². The Balaban J connectivity index is 0.000000189. The van der Waals surface area contributed by atoms with Crippen LogP contribution in [-0.4, -0.2) is 172 Å². The maximum absolute atomic E-state index is 13.6. The van der Waals surface area contributed by atoms with Gasteiger partial charge in [0.1, 0.15) is 11.9 Å². The molecule has 118 heavy (non-hydrogen) atoms. The van der Waals surface area contributed by atoms with E-state index < -0.39 is 0 Å². The summed E-state index contributed by atoms with van der Waals surface area (Å²) in [7, 11) is 0. The van der Waals surface area contributed by atoms with Crippen molar-refractivity contribution in [3.8, 4) is 34.4 Å². The lowest BCUT2D eigenvalue weighted by Gasteiger charge is -2.30. The lowest BCUT2D eigenvalue weighted by Crippen LogP contribution is -2.48. The smallest absolute Gasteiger partial charge is 0.410 e. The largest absolute Gasteiger partial charge is 0.444 e. The number of fused-ring (bicyclic) bond motifs is 2. The van der Waals surface area contributed by atoms with Gasteiger partial charge in [-0.15, -0.1) is 0 Å². The highest BCUT2D eigenvalue weighted by Crippen LogP contribution is 2.35. The summed E-state index contributed by atoms with van der Waals surface area (Å²) in [4.78, 5) is 90.6. The summed E-state index contributed by atoms with van der Waals surface area (Å²) in [5.41, 5.74) is 15.9. The number of ether oxygens (including phenoxy) is 3. The second-order valence-corrected chi connectivity index (χ2v) is 30.6. The molecule has 4 saturated heterocycles. The van der Waals surface area contributed by atoms with Crippen molar-refractivity contribution in [3.63, 3.8) is 0 Å². The third-order valence-electron chi connectivity index (χ3n) is 21.2. The number of carbonyl (C=O) groups is 6. The minimum atomic E-state index is -0.387. The molecule has 4 aromatic heterocycles. The molecule has 0 spiro atoms. The van der Waals surface area contributed by atoms with Gasteiger partial charge in [0.2, 0.25) is 0 Å². The second kappa shape index (κ2) is 41.0. The van der Waals surface area contributed by atoms with E-state index in [1.165, 1.54) is 5.56 Å². The average molecular weight is 1600 g/mol. The van der Waals surface area contributed by atoms with E-state index in [-0.39, 0.29) is 73.6 Å². The molecule has 8 N–H and O–H groups in total. The van der Waals surface area contributed by atoms with Crippen LogP contribution < -0.4 is 42.5 Å². The molecule has 27 nitrogen and oxygen atoms in total. The SMILES string of the molecule is CC(C)(C)OC(=O)N1CCNCC1.CCc1nc2c(cnn2CC)c(NC2CCOCC2)c1CNC(=O)c1cccc(C(=O)NCc2ccc(C#N)c(-c3cccc(C=O)c3)c2)c1.CCc1nc2c(cnn2CC)c(NC2CCOCC2)c1CNC(=O)c1cccc(C(=O)NCc2ccc(C#N)c(-c3cccc(CN4CCNCC4)c3)c2)c1. The first-order valence-corrected chi connectivity index (χ1v) is 40.9. The molecule has 0 saturated carbocycles. The summed E-state index contributed by atoms with van der Waals surface area (Å²) < 4.78 is 20.2. The first-order valence-electron chi connectivity index (χ1n) is 40.9. The van der Waals surface area contributed by atoms with Crippen LogP contribution in [0.4, 0.5) is 16.2 Å². The average Bonchev–Trinajstić information content (AvgIpc) is 1.61. The summed E-state index contributed by atoms with van der Waals surface area (Å²) in [6.07, 6.45) is 9.18. The number of aldehydes is 1. The molecule has 4 aliphatic heterocycles. The van der Waals surface area contributed by atoms with Crippen LogP contribution in [-0.2, 0) is 72.9 Å². The fourth-order valence-corrected chi connectivity index (χ4v) is 14.9. The summed E-state index contributed by atoms with van der Waals surface area (Å²) in [6, 6.07) is 44.7. The first-order chi connectivity index (χ1) is 57.3. The highest BCUT2D eigenvalue weighted by atomic mass is 16.6. The molecule has 10 aromatic rings. The van der Waals surface area contributed by atoms with Gasteiger partial charge in [0.15, 0.2) is 11.3 Å². The molecule has 6 aromatic carbocycles. The van der Waals surface area contributed by atoms with Crippen molar-refractivity contribution in [2.75, 3.05) is 89.4 Å². The molecule has 0 radical (unpaired) electrons. The van der Waals surface area contributed by atoms with Crippen molar-refractivity contribution < 1.29 is 43.0 Å². The number of nitriles is 2. The second-order valence-electron chi connectivity index (χ2n) is 30.6. The number of pyridine rings is 2. The predicted octanol–water partition coefficient (Wildman–Crippen LogP) is 12.1. The van der Waals surface area contributed by atoms with Crippen molar-refractivity contribution in [1.82, 2.24) is 71.2 Å². The number of rotatable bonds is 25. The summed E-state index contributed by atoms with van der Waals surface area (Å²) >= 11 is 0. The molecule has 4 aliphatic rings. The van der Waals surface area contributed by atoms with Gasteiger partial charge >= 0.3 is 6.09 Å². The number of hydrogen-bond donors (Lipinski definition) is 8. The first kappa shape index (κ1) is 85.1. The van der Waals surface area contributed by atoms with Crippen LogP contribution in [0.3, 0.4) is 0 Å². The number of nitrogens with zero attached hydrogens (tertiary/aromatic N) is 10. The van der Waals surface area contributed by atoms with Gasteiger partial charge in [-0.1, -0.05) is 74.5 Å². The number of anilines is 2. The monoisotopic (exact) mass is 1590 g/mol. The zero-order valence-corrected chi connectivity index (χ0v) is 68.4. The molecule has 0 aliphatic carbocycles. The van der Waals surface area contributed by atoms with Crippen molar-refractivity contribution in [2.24, 2.45) is 0 Å². The number of nitrogens with one attached hydrogen (secondary N) is 8. The summed E-state index contributed by atoms with van der Waals surface area (Å²) in [5, 5.41) is 56.7. The Labute approximate surface area is 689 Å². The van der Waals surface area contributed by atoms with Crippen molar-refractivity contribution in [3.05, 3.63) is 224 Å². The Morgan fingerprint density at radius 2 is 0.949 bits per heavy atom. The lowest BCUT2D eigenvalue weighted by molar-refractivity contribution is 0.0228. The Morgan fingerprint density at radius 3 is 1.37 bits per heavy atom. The Bertz CT molecular complexity index is 5300. The van der Waals surface area contributed by atoms with Crippen LogP contribution in [0, 0.1) is 22.7 Å². The minimum absolute atomic E-state index is 0.200. The molecule has 8 heterocycles. The van der Waals surface area contributed by atoms with Crippen LogP contribution in [0.5, 0.6) is 0 Å². The molecule has 27 heteroatoms. The summed E-state index contributed by atoms with van der Waals surface area (Å²) in [5.74, 6) is -1.23. The van der Waals surface area contributed by atoms with Crippen LogP contribution in [0.25, 0.3) is 44.3 Å². The van der Waals surface area contributed by atoms with Crippen molar-refractivity contribution in [1.29, 1.82) is 10.5 Å².